The highest BCUT2D eigenvalue weighted by molar-refractivity contribution is 7.89. The maximum absolute atomic E-state index is 13.0. The molecule has 7 nitrogen and oxygen atoms in total. The summed E-state index contributed by atoms with van der Waals surface area (Å²) >= 11 is 0. The molecule has 0 radical (unpaired) electrons. The van der Waals surface area contributed by atoms with E-state index in [1.807, 2.05) is 13.0 Å². The van der Waals surface area contributed by atoms with Gasteiger partial charge in [0.25, 0.3) is 5.91 Å². The summed E-state index contributed by atoms with van der Waals surface area (Å²) in [6.07, 6.45) is 2.87. The molecule has 0 fully saturated rings. The van der Waals surface area contributed by atoms with E-state index in [1.54, 1.807) is 35.4 Å². The topological polar surface area (TPSA) is 88.6 Å². The van der Waals surface area contributed by atoms with Crippen LogP contribution in [0, 0.1) is 0 Å². The van der Waals surface area contributed by atoms with Crippen LogP contribution in [0.5, 0.6) is 5.75 Å². The second-order valence-electron chi connectivity index (χ2n) is 6.28. The van der Waals surface area contributed by atoms with Gasteiger partial charge in [-0.25, -0.2) is 18.1 Å². The zero-order chi connectivity index (χ0) is 19.4. The first kappa shape index (κ1) is 19.3. The van der Waals surface area contributed by atoms with Crippen molar-refractivity contribution in [1.29, 1.82) is 0 Å². The highest BCUT2D eigenvalue weighted by Gasteiger charge is 2.28. The predicted molar refractivity (Wildman–Crippen MR) is 101 cm³/mol. The molecule has 27 heavy (non-hydrogen) atoms. The Hall–Kier alpha value is -2.45. The minimum atomic E-state index is -3.53. The zero-order valence-electron chi connectivity index (χ0n) is 15.4. The first-order chi connectivity index (χ1) is 13.0. The number of benzene rings is 1. The highest BCUT2D eigenvalue weighted by Crippen LogP contribution is 2.27. The molecule has 1 aromatic heterocycles. The molecule has 0 bridgehead atoms. The van der Waals surface area contributed by atoms with E-state index >= 15 is 0 Å². The number of nitrogens with one attached hydrogen (secondary N) is 1. The fraction of sp³-hybridized carbons (Fsp3) is 0.368. The Bertz CT molecular complexity index is 944. The molecule has 3 rings (SSSR count). The third-order valence-electron chi connectivity index (χ3n) is 4.50. The fourth-order valence-corrected chi connectivity index (χ4v) is 4.17. The van der Waals surface area contributed by atoms with E-state index in [4.69, 9.17) is 4.74 Å². The van der Waals surface area contributed by atoms with Crippen LogP contribution in [0.1, 0.15) is 35.0 Å². The first-order valence-electron chi connectivity index (χ1n) is 8.89. The molecule has 8 heteroatoms. The van der Waals surface area contributed by atoms with Crippen molar-refractivity contribution in [3.8, 4) is 5.75 Å². The summed E-state index contributed by atoms with van der Waals surface area (Å²) in [5, 5.41) is 0. The molecule has 1 aliphatic heterocycles. The van der Waals surface area contributed by atoms with Gasteiger partial charge in [-0.3, -0.25) is 4.79 Å². The molecule has 1 aliphatic rings. The van der Waals surface area contributed by atoms with Crippen LogP contribution in [0.15, 0.2) is 41.4 Å². The van der Waals surface area contributed by atoms with Crippen molar-refractivity contribution in [2.45, 2.75) is 31.2 Å². The SMILES string of the molecule is CCCOc1cccnc1C(=O)N1CCc2c(cccc2S(=O)(=O)NC)C1. The number of carbonyl (C=O) groups excluding carboxylic acids is 1. The number of aromatic nitrogens is 1. The minimum Gasteiger partial charge on any atom is -0.491 e. The van der Waals surface area contributed by atoms with Crippen LogP contribution in [-0.4, -0.2) is 44.4 Å². The summed E-state index contributed by atoms with van der Waals surface area (Å²) in [5.41, 5.74) is 1.88. The summed E-state index contributed by atoms with van der Waals surface area (Å²) < 4.78 is 32.5. The molecular weight excluding hydrogens is 366 g/mol. The van der Waals surface area contributed by atoms with E-state index in [1.165, 1.54) is 7.05 Å². The van der Waals surface area contributed by atoms with Crippen LogP contribution in [0.4, 0.5) is 0 Å². The Balaban J connectivity index is 1.87. The zero-order valence-corrected chi connectivity index (χ0v) is 16.3. The standard InChI is InChI=1S/C19H23N3O4S/c1-3-12-26-16-7-5-10-21-18(16)19(23)22-11-9-15-14(13-22)6-4-8-17(15)27(24,25)20-2/h4-8,10,20H,3,9,11-13H2,1-2H3. The maximum Gasteiger partial charge on any atom is 0.276 e. The normalized spacial score (nSPS) is 13.9. The molecule has 1 N–H and O–H groups in total. The molecule has 144 valence electrons. The maximum atomic E-state index is 13.0. The number of rotatable bonds is 6. The molecule has 0 saturated heterocycles. The number of sulfonamides is 1. The van der Waals surface area contributed by atoms with Gasteiger partial charge >= 0.3 is 0 Å². The number of pyridine rings is 1. The highest BCUT2D eigenvalue weighted by atomic mass is 32.2. The number of amides is 1. The predicted octanol–water partition coefficient (Wildman–Crippen LogP) is 1.98. The summed E-state index contributed by atoms with van der Waals surface area (Å²) in [4.78, 5) is 19.2. The summed E-state index contributed by atoms with van der Waals surface area (Å²) in [6, 6.07) is 8.63. The van der Waals surface area contributed by atoms with Gasteiger partial charge in [-0.05, 0) is 49.2 Å². The van der Waals surface area contributed by atoms with Crippen molar-refractivity contribution < 1.29 is 17.9 Å². The molecule has 0 unspecified atom stereocenters. The van der Waals surface area contributed by atoms with E-state index in [0.29, 0.717) is 31.9 Å². The van der Waals surface area contributed by atoms with Crippen molar-refractivity contribution in [2.24, 2.45) is 0 Å². The van der Waals surface area contributed by atoms with Gasteiger partial charge in [-0.1, -0.05) is 19.1 Å². The molecule has 1 aromatic carbocycles. The lowest BCUT2D eigenvalue weighted by Crippen LogP contribution is -2.37. The number of carbonyl (C=O) groups is 1. The van der Waals surface area contributed by atoms with E-state index in [-0.39, 0.29) is 16.5 Å². The molecule has 2 heterocycles. The van der Waals surface area contributed by atoms with E-state index in [2.05, 4.69) is 9.71 Å². The van der Waals surface area contributed by atoms with Crippen molar-refractivity contribution in [3.05, 3.63) is 53.3 Å². The Morgan fingerprint density at radius 3 is 2.85 bits per heavy atom. The van der Waals surface area contributed by atoms with Crippen molar-refractivity contribution in [2.75, 3.05) is 20.2 Å². The quantitative estimate of drug-likeness (QED) is 0.816. The summed E-state index contributed by atoms with van der Waals surface area (Å²) in [6.45, 7) is 3.27. The first-order valence-corrected chi connectivity index (χ1v) is 10.4. The van der Waals surface area contributed by atoms with Gasteiger partial charge in [0.15, 0.2) is 11.4 Å². The third-order valence-corrected chi connectivity index (χ3v) is 6.00. The lowest BCUT2D eigenvalue weighted by Gasteiger charge is -2.30. The number of fused-ring (bicyclic) bond motifs is 1. The lowest BCUT2D eigenvalue weighted by atomic mass is 9.99. The van der Waals surface area contributed by atoms with Crippen molar-refractivity contribution in [1.82, 2.24) is 14.6 Å². The van der Waals surface area contributed by atoms with Crippen LogP contribution in [0.2, 0.25) is 0 Å². The van der Waals surface area contributed by atoms with Gasteiger partial charge in [0.2, 0.25) is 10.0 Å². The van der Waals surface area contributed by atoms with Crippen LogP contribution >= 0.6 is 0 Å². The Morgan fingerprint density at radius 1 is 1.30 bits per heavy atom. The second-order valence-corrected chi connectivity index (χ2v) is 8.13. The summed E-state index contributed by atoms with van der Waals surface area (Å²) in [5.74, 6) is 0.260. The minimum absolute atomic E-state index is 0.214. The molecule has 2 aromatic rings. The van der Waals surface area contributed by atoms with Crippen LogP contribution in [0.3, 0.4) is 0 Å². The van der Waals surface area contributed by atoms with Crippen LogP contribution < -0.4 is 9.46 Å². The van der Waals surface area contributed by atoms with Crippen molar-refractivity contribution >= 4 is 15.9 Å². The average molecular weight is 389 g/mol. The van der Waals surface area contributed by atoms with Gasteiger partial charge in [-0.15, -0.1) is 0 Å². The van der Waals surface area contributed by atoms with E-state index in [0.717, 1.165) is 17.5 Å². The van der Waals surface area contributed by atoms with Gasteiger partial charge in [0, 0.05) is 19.3 Å². The molecule has 0 saturated carbocycles. The third kappa shape index (κ3) is 3.96. The van der Waals surface area contributed by atoms with Gasteiger partial charge in [0.1, 0.15) is 0 Å². The molecule has 0 atom stereocenters. The van der Waals surface area contributed by atoms with Crippen molar-refractivity contribution in [3.63, 3.8) is 0 Å². The lowest BCUT2D eigenvalue weighted by molar-refractivity contribution is 0.0723. The fourth-order valence-electron chi connectivity index (χ4n) is 3.14. The van der Waals surface area contributed by atoms with Gasteiger partial charge in [-0.2, -0.15) is 0 Å². The monoisotopic (exact) mass is 389 g/mol. The summed E-state index contributed by atoms with van der Waals surface area (Å²) in [7, 11) is -2.14. The Labute approximate surface area is 159 Å². The average Bonchev–Trinajstić information content (AvgIpc) is 2.71. The Kier molecular flexibility index (Phi) is 5.76. The van der Waals surface area contributed by atoms with Crippen LogP contribution in [0.25, 0.3) is 0 Å². The number of ether oxygens (including phenoxy) is 1. The number of hydrogen-bond donors (Lipinski definition) is 1. The van der Waals surface area contributed by atoms with Crippen LogP contribution in [-0.2, 0) is 23.0 Å². The van der Waals surface area contributed by atoms with Gasteiger partial charge < -0.3 is 9.64 Å². The molecule has 0 spiro atoms. The largest absolute Gasteiger partial charge is 0.491 e. The number of hydrogen-bond acceptors (Lipinski definition) is 5. The molecule has 0 aliphatic carbocycles. The van der Waals surface area contributed by atoms with E-state index in [9.17, 15) is 13.2 Å². The smallest absolute Gasteiger partial charge is 0.276 e. The molecular formula is C19H23N3O4S. The number of nitrogens with zero attached hydrogens (tertiary/aromatic N) is 2. The molecule has 1 amide bonds. The van der Waals surface area contributed by atoms with E-state index < -0.39 is 10.0 Å². The second kappa shape index (κ2) is 8.06. The van der Waals surface area contributed by atoms with Gasteiger partial charge in [0.05, 0.1) is 11.5 Å². The Morgan fingerprint density at radius 2 is 2.11 bits per heavy atom.